The summed E-state index contributed by atoms with van der Waals surface area (Å²) < 4.78 is 80.6. The van der Waals surface area contributed by atoms with E-state index < -0.39 is 29.2 Å². The minimum Gasteiger partial charge on any atom is -0.343 e. The number of aryl methyl sites for hydroxylation is 2. The van der Waals surface area contributed by atoms with Crippen LogP contribution in [-0.4, -0.2) is 29.5 Å². The average Bonchev–Trinajstić information content (AvgIpc) is 3.47. The first kappa shape index (κ1) is 29.5. The van der Waals surface area contributed by atoms with E-state index in [2.05, 4.69) is 32.6 Å². The van der Waals surface area contributed by atoms with Gasteiger partial charge in [-0.05, 0) is 53.7 Å². The summed E-state index contributed by atoms with van der Waals surface area (Å²) in [6.07, 6.45) is -4.30. The van der Waals surface area contributed by atoms with E-state index in [9.17, 15) is 26.3 Å². The summed E-state index contributed by atoms with van der Waals surface area (Å²) in [6, 6.07) is 5.10. The Balaban J connectivity index is 0.00000400. The molecule has 0 amide bonds. The Hall–Kier alpha value is -3.01. The van der Waals surface area contributed by atoms with Gasteiger partial charge in [0.2, 0.25) is 0 Å². The molecule has 4 aromatic heterocycles. The quantitative estimate of drug-likeness (QED) is 0.191. The molecule has 4 heterocycles. The Morgan fingerprint density at radius 1 is 0.632 bits per heavy atom. The first-order valence-electron chi connectivity index (χ1n) is 11.1. The van der Waals surface area contributed by atoms with E-state index in [1.807, 2.05) is 13.8 Å². The summed E-state index contributed by atoms with van der Waals surface area (Å²) in [5.41, 5.74) is 0.611. The molecule has 0 aliphatic carbocycles. The Morgan fingerprint density at radius 3 is 1.26 bits per heavy atom. The molecule has 13 heteroatoms. The van der Waals surface area contributed by atoms with Gasteiger partial charge in [0.1, 0.15) is 0 Å². The standard InChI is InChI=1S/C25H22F6N6.Pt/c1-13-11-19(32-21(15(13)3)36-9-7-17(34-36)24(26,27)28)23(5,6)20-12-14(2)16(4)22(33-20)37-10-8-18(35-37)25(29,30)31;/h7-8,11-12H,1-6H3;/q-2;+2. The van der Waals surface area contributed by atoms with Gasteiger partial charge >= 0.3 is 33.4 Å². The summed E-state index contributed by atoms with van der Waals surface area (Å²) in [7, 11) is 0. The third-order valence-corrected chi connectivity index (χ3v) is 6.34. The van der Waals surface area contributed by atoms with Crippen molar-refractivity contribution in [1.82, 2.24) is 29.5 Å². The Bertz CT molecular complexity index is 1370. The molecular weight excluding hydrogens is 693 g/mol. The van der Waals surface area contributed by atoms with Crippen LogP contribution in [0.2, 0.25) is 0 Å². The van der Waals surface area contributed by atoms with Crippen molar-refractivity contribution >= 4 is 0 Å². The van der Waals surface area contributed by atoms with Gasteiger partial charge in [0.05, 0.1) is 23.0 Å². The van der Waals surface area contributed by atoms with E-state index in [1.54, 1.807) is 39.8 Å². The van der Waals surface area contributed by atoms with Crippen molar-refractivity contribution in [2.45, 2.75) is 59.3 Å². The van der Waals surface area contributed by atoms with Gasteiger partial charge in [0.15, 0.2) is 0 Å². The Kier molecular flexibility index (Phi) is 7.73. The number of pyridine rings is 2. The molecule has 4 rings (SSSR count). The van der Waals surface area contributed by atoms with Crippen molar-refractivity contribution < 1.29 is 47.4 Å². The summed E-state index contributed by atoms with van der Waals surface area (Å²) >= 11 is 0. The first-order valence-corrected chi connectivity index (χ1v) is 11.1. The van der Waals surface area contributed by atoms with E-state index in [0.29, 0.717) is 22.5 Å². The third kappa shape index (κ3) is 5.41. The van der Waals surface area contributed by atoms with Gasteiger partial charge in [0, 0.05) is 16.8 Å². The number of aromatic nitrogens is 6. The summed E-state index contributed by atoms with van der Waals surface area (Å²) in [5.74, 6) is 0.357. The second-order valence-electron chi connectivity index (χ2n) is 9.31. The second-order valence-corrected chi connectivity index (χ2v) is 9.31. The van der Waals surface area contributed by atoms with Crippen LogP contribution < -0.4 is 0 Å². The van der Waals surface area contributed by atoms with Crippen molar-refractivity contribution in [3.8, 4) is 11.6 Å². The minimum absolute atomic E-state index is 0. The molecule has 0 N–H and O–H groups in total. The number of nitrogens with zero attached hydrogens (tertiary/aromatic N) is 6. The van der Waals surface area contributed by atoms with Crippen molar-refractivity contribution in [3.63, 3.8) is 0 Å². The van der Waals surface area contributed by atoms with Gasteiger partial charge in [-0.15, -0.1) is 12.1 Å². The van der Waals surface area contributed by atoms with Gasteiger partial charge in [0.25, 0.3) is 0 Å². The number of rotatable bonds is 4. The molecule has 0 unspecified atom stereocenters. The molecule has 0 bridgehead atoms. The summed E-state index contributed by atoms with van der Waals surface area (Å²) in [4.78, 5) is 9.24. The van der Waals surface area contributed by atoms with Crippen molar-refractivity contribution in [3.05, 3.63) is 81.7 Å². The van der Waals surface area contributed by atoms with Crippen molar-refractivity contribution in [1.29, 1.82) is 0 Å². The van der Waals surface area contributed by atoms with Crippen LogP contribution >= 0.6 is 0 Å². The van der Waals surface area contributed by atoms with Crippen LogP contribution in [-0.2, 0) is 38.8 Å². The van der Waals surface area contributed by atoms with Crippen LogP contribution in [0.25, 0.3) is 11.6 Å². The monoisotopic (exact) mass is 715 g/mol. The fraction of sp³-hybridized carbons (Fsp3) is 0.360. The first-order chi connectivity index (χ1) is 17.0. The predicted octanol–water partition coefficient (Wildman–Crippen LogP) is 6.04. The molecule has 0 spiro atoms. The van der Waals surface area contributed by atoms with E-state index in [4.69, 9.17) is 0 Å². The maximum atomic E-state index is 13.1. The van der Waals surface area contributed by atoms with E-state index >= 15 is 0 Å². The fourth-order valence-electron chi connectivity index (χ4n) is 3.69. The van der Waals surface area contributed by atoms with Crippen LogP contribution in [0.15, 0.2) is 24.3 Å². The number of hydrogen-bond acceptors (Lipinski definition) is 4. The van der Waals surface area contributed by atoms with Crippen molar-refractivity contribution in [2.24, 2.45) is 0 Å². The van der Waals surface area contributed by atoms with E-state index in [1.165, 1.54) is 0 Å². The van der Waals surface area contributed by atoms with Crippen LogP contribution in [0.3, 0.4) is 0 Å². The van der Waals surface area contributed by atoms with E-state index in [0.717, 1.165) is 32.6 Å². The molecule has 204 valence electrons. The van der Waals surface area contributed by atoms with Crippen LogP contribution in [0.5, 0.6) is 0 Å². The number of alkyl halides is 6. The minimum atomic E-state index is -4.63. The zero-order valence-corrected chi connectivity index (χ0v) is 23.3. The molecule has 0 atom stereocenters. The van der Waals surface area contributed by atoms with Crippen molar-refractivity contribution in [2.75, 3.05) is 0 Å². The topological polar surface area (TPSA) is 61.4 Å². The normalized spacial score (nSPS) is 12.5. The second kappa shape index (κ2) is 9.94. The van der Waals surface area contributed by atoms with Gasteiger partial charge in [-0.25, -0.2) is 0 Å². The molecule has 0 aliphatic heterocycles. The molecule has 0 saturated heterocycles. The molecular formula is C25H22F6N6Pt. The Morgan fingerprint density at radius 2 is 0.974 bits per heavy atom. The maximum absolute atomic E-state index is 13.1. The van der Waals surface area contributed by atoms with Gasteiger partial charge < -0.3 is 9.36 Å². The predicted molar refractivity (Wildman–Crippen MR) is 121 cm³/mol. The van der Waals surface area contributed by atoms with Gasteiger partial charge in [-0.1, -0.05) is 34.6 Å². The zero-order valence-electron chi connectivity index (χ0n) is 21.1. The molecule has 6 nitrogen and oxygen atoms in total. The summed E-state index contributed by atoms with van der Waals surface area (Å²) in [6.45, 7) is 10.7. The van der Waals surface area contributed by atoms with Crippen LogP contribution in [0.4, 0.5) is 26.3 Å². The molecule has 38 heavy (non-hydrogen) atoms. The molecule has 0 fully saturated rings. The summed E-state index contributed by atoms with van der Waals surface area (Å²) in [5, 5.41) is 7.20. The molecule has 0 saturated carbocycles. The zero-order chi connectivity index (χ0) is 27.5. The molecule has 4 aromatic rings. The number of hydrogen-bond donors (Lipinski definition) is 0. The van der Waals surface area contributed by atoms with Crippen LogP contribution in [0.1, 0.15) is 58.9 Å². The van der Waals surface area contributed by atoms with Gasteiger partial charge in [-0.3, -0.25) is 20.2 Å². The molecule has 0 aromatic carbocycles. The maximum Gasteiger partial charge on any atom is 2.00 e. The van der Waals surface area contributed by atoms with E-state index in [-0.39, 0.29) is 32.7 Å². The smallest absolute Gasteiger partial charge is 0.343 e. The molecule has 0 radical (unpaired) electrons. The largest absolute Gasteiger partial charge is 2.00 e. The van der Waals surface area contributed by atoms with Gasteiger partial charge in [-0.2, -0.15) is 26.3 Å². The van der Waals surface area contributed by atoms with Crippen LogP contribution in [0, 0.1) is 40.1 Å². The SMILES string of the molecule is Cc1cc(C(C)(C)c2cc(C)c(C)c(-n3[c-]cc(C(F)(F)F)n3)n2)nc(-n2[c-]cc(C(F)(F)F)n2)c1C.[Pt+2]. The Labute approximate surface area is 229 Å². The molecule has 0 aliphatic rings. The number of halogens is 6. The average molecular weight is 716 g/mol. The third-order valence-electron chi connectivity index (χ3n) is 6.34. The fourth-order valence-corrected chi connectivity index (χ4v) is 3.69.